The molecule has 6 rings (SSSR count). The quantitative estimate of drug-likeness (QED) is 0.756. The van der Waals surface area contributed by atoms with E-state index in [4.69, 9.17) is 9.40 Å². The Morgan fingerprint density at radius 3 is 2.36 bits per heavy atom. The van der Waals surface area contributed by atoms with E-state index < -0.39 is 0 Å². The van der Waals surface area contributed by atoms with E-state index in [1.165, 1.54) is 19.3 Å². The summed E-state index contributed by atoms with van der Waals surface area (Å²) in [7, 11) is 0. The lowest BCUT2D eigenvalue weighted by atomic mass is 9.49. The minimum atomic E-state index is -0.239. The van der Waals surface area contributed by atoms with Crippen molar-refractivity contribution in [2.45, 2.75) is 43.9 Å². The normalized spacial score (nSPS) is 36.1. The molecule has 0 saturated heterocycles. The number of halogens is 1. The molecule has 1 aromatic carbocycles. The Bertz CT molecular complexity index is 790. The molecular formula is C18H18BrNO2. The summed E-state index contributed by atoms with van der Waals surface area (Å²) < 4.78 is 6.63. The van der Waals surface area contributed by atoms with Crippen LogP contribution in [0.5, 0.6) is 0 Å². The average Bonchev–Trinajstić information content (AvgIpc) is 2.46. The van der Waals surface area contributed by atoms with Crippen LogP contribution in [0, 0.1) is 17.8 Å². The van der Waals surface area contributed by atoms with Crippen molar-refractivity contribution in [3.8, 4) is 0 Å². The van der Waals surface area contributed by atoms with Gasteiger partial charge in [0.2, 0.25) is 5.89 Å². The predicted octanol–water partition coefficient (Wildman–Crippen LogP) is 4.42. The van der Waals surface area contributed by atoms with Gasteiger partial charge in [-0.25, -0.2) is 9.78 Å². The third kappa shape index (κ3) is 1.86. The molecule has 0 radical (unpaired) electrons. The first-order chi connectivity index (χ1) is 10.6. The van der Waals surface area contributed by atoms with Gasteiger partial charge in [0.15, 0.2) is 0 Å². The van der Waals surface area contributed by atoms with E-state index in [1.54, 1.807) is 6.07 Å². The van der Waals surface area contributed by atoms with Crippen LogP contribution in [-0.4, -0.2) is 4.98 Å². The van der Waals surface area contributed by atoms with Crippen molar-refractivity contribution >= 4 is 26.8 Å². The molecule has 0 spiro atoms. The van der Waals surface area contributed by atoms with E-state index in [9.17, 15) is 4.79 Å². The SMILES string of the molecule is O=c1oc(C23CC4CC(CC(C4)C2)C3)nc2ccc(Br)cc12. The van der Waals surface area contributed by atoms with E-state index >= 15 is 0 Å². The number of fused-ring (bicyclic) bond motifs is 1. The number of benzene rings is 1. The first-order valence-electron chi connectivity index (χ1n) is 8.22. The Hall–Kier alpha value is -1.16. The van der Waals surface area contributed by atoms with Crippen molar-refractivity contribution in [1.82, 2.24) is 4.98 Å². The first-order valence-corrected chi connectivity index (χ1v) is 9.01. The zero-order chi connectivity index (χ0) is 14.9. The van der Waals surface area contributed by atoms with Gasteiger partial charge < -0.3 is 4.42 Å². The fourth-order valence-electron chi connectivity index (χ4n) is 5.64. The van der Waals surface area contributed by atoms with Gasteiger partial charge in [-0.3, -0.25) is 0 Å². The first kappa shape index (κ1) is 13.3. The molecule has 4 aliphatic carbocycles. The molecule has 4 fully saturated rings. The van der Waals surface area contributed by atoms with Crippen LogP contribution in [0.3, 0.4) is 0 Å². The van der Waals surface area contributed by atoms with Crippen LogP contribution >= 0.6 is 15.9 Å². The number of hydrogen-bond donors (Lipinski definition) is 0. The van der Waals surface area contributed by atoms with Crippen LogP contribution in [0.2, 0.25) is 0 Å². The van der Waals surface area contributed by atoms with Crippen LogP contribution in [0.1, 0.15) is 44.4 Å². The minimum absolute atomic E-state index is 0.0369. The number of hydrogen-bond acceptors (Lipinski definition) is 3. The van der Waals surface area contributed by atoms with Crippen LogP contribution < -0.4 is 5.63 Å². The summed E-state index contributed by atoms with van der Waals surface area (Å²) in [6.07, 6.45) is 7.63. The molecule has 114 valence electrons. The molecule has 0 unspecified atom stereocenters. The highest BCUT2D eigenvalue weighted by Crippen LogP contribution is 2.60. The van der Waals surface area contributed by atoms with Gasteiger partial charge in [0.05, 0.1) is 10.9 Å². The topological polar surface area (TPSA) is 43.1 Å². The number of aromatic nitrogens is 1. The molecule has 0 amide bonds. The third-order valence-corrected chi connectivity index (χ3v) is 6.58. The second-order valence-corrected chi connectivity index (χ2v) is 8.58. The second kappa shape index (κ2) is 4.44. The molecule has 2 aromatic rings. The van der Waals surface area contributed by atoms with E-state index in [2.05, 4.69) is 15.9 Å². The summed E-state index contributed by atoms with van der Waals surface area (Å²) in [5.41, 5.74) is 0.567. The molecule has 1 heterocycles. The van der Waals surface area contributed by atoms with Crippen molar-refractivity contribution in [3.05, 3.63) is 39.0 Å². The molecule has 22 heavy (non-hydrogen) atoms. The van der Waals surface area contributed by atoms with Crippen LogP contribution in [-0.2, 0) is 5.41 Å². The van der Waals surface area contributed by atoms with E-state index in [0.717, 1.165) is 47.0 Å². The summed E-state index contributed by atoms with van der Waals surface area (Å²) in [5, 5.41) is 0.572. The molecule has 0 N–H and O–H groups in total. The van der Waals surface area contributed by atoms with Gasteiger partial charge in [0.25, 0.3) is 0 Å². The van der Waals surface area contributed by atoms with Gasteiger partial charge in [-0.05, 0) is 74.5 Å². The van der Waals surface area contributed by atoms with E-state index in [-0.39, 0.29) is 11.0 Å². The van der Waals surface area contributed by atoms with Crippen molar-refractivity contribution in [1.29, 1.82) is 0 Å². The van der Waals surface area contributed by atoms with Gasteiger partial charge in [-0.2, -0.15) is 0 Å². The maximum atomic E-state index is 12.4. The molecule has 0 aliphatic heterocycles. The molecule has 4 bridgehead atoms. The maximum Gasteiger partial charge on any atom is 0.346 e. The third-order valence-electron chi connectivity index (χ3n) is 6.08. The zero-order valence-electron chi connectivity index (χ0n) is 12.3. The summed E-state index contributed by atoms with van der Waals surface area (Å²) in [6.45, 7) is 0. The molecule has 4 saturated carbocycles. The summed E-state index contributed by atoms with van der Waals surface area (Å²) in [5.74, 6) is 3.17. The van der Waals surface area contributed by atoms with Crippen molar-refractivity contribution in [2.24, 2.45) is 17.8 Å². The highest BCUT2D eigenvalue weighted by molar-refractivity contribution is 9.10. The van der Waals surface area contributed by atoms with E-state index in [1.807, 2.05) is 12.1 Å². The zero-order valence-corrected chi connectivity index (χ0v) is 13.9. The van der Waals surface area contributed by atoms with Gasteiger partial charge in [-0.1, -0.05) is 15.9 Å². The smallest absolute Gasteiger partial charge is 0.346 e. The minimum Gasteiger partial charge on any atom is -0.407 e. The Kier molecular flexibility index (Phi) is 2.68. The van der Waals surface area contributed by atoms with Gasteiger partial charge in [0, 0.05) is 9.89 Å². The summed E-state index contributed by atoms with van der Waals surface area (Å²) in [6, 6.07) is 5.66. The van der Waals surface area contributed by atoms with Crippen molar-refractivity contribution < 1.29 is 4.42 Å². The fourth-order valence-corrected chi connectivity index (χ4v) is 6.00. The second-order valence-electron chi connectivity index (χ2n) is 7.67. The fraction of sp³-hybridized carbons (Fsp3) is 0.556. The molecule has 4 aliphatic rings. The Morgan fingerprint density at radius 1 is 1.09 bits per heavy atom. The Balaban J connectivity index is 1.68. The lowest BCUT2D eigenvalue weighted by molar-refractivity contribution is -0.0193. The highest BCUT2D eigenvalue weighted by atomic mass is 79.9. The van der Waals surface area contributed by atoms with Crippen molar-refractivity contribution in [3.63, 3.8) is 0 Å². The van der Waals surface area contributed by atoms with Crippen molar-refractivity contribution in [2.75, 3.05) is 0 Å². The summed E-state index contributed by atoms with van der Waals surface area (Å²) in [4.78, 5) is 17.2. The molecule has 0 atom stereocenters. The number of nitrogens with zero attached hydrogens (tertiary/aromatic N) is 1. The van der Waals surface area contributed by atoms with Gasteiger partial charge in [-0.15, -0.1) is 0 Å². The standard InChI is InChI=1S/C18H18BrNO2/c19-13-1-2-15-14(6-13)16(21)22-17(20-15)18-7-10-3-11(8-18)5-12(4-10)9-18/h1-2,6,10-12H,3-5,7-9H2. The average molecular weight is 360 g/mol. The monoisotopic (exact) mass is 359 g/mol. The largest absolute Gasteiger partial charge is 0.407 e. The Labute approximate surface area is 137 Å². The summed E-state index contributed by atoms with van der Waals surface area (Å²) >= 11 is 3.41. The van der Waals surface area contributed by atoms with Crippen LogP contribution in [0.25, 0.3) is 10.9 Å². The number of rotatable bonds is 1. The predicted molar refractivity (Wildman–Crippen MR) is 87.8 cm³/mol. The van der Waals surface area contributed by atoms with Crippen LogP contribution in [0.4, 0.5) is 0 Å². The molecule has 3 nitrogen and oxygen atoms in total. The van der Waals surface area contributed by atoms with Crippen LogP contribution in [0.15, 0.2) is 31.9 Å². The molecular weight excluding hydrogens is 342 g/mol. The van der Waals surface area contributed by atoms with Gasteiger partial charge >= 0.3 is 5.63 Å². The lowest BCUT2D eigenvalue weighted by Gasteiger charge is -2.55. The maximum absolute atomic E-state index is 12.4. The lowest BCUT2D eigenvalue weighted by Crippen LogP contribution is -2.49. The Morgan fingerprint density at radius 2 is 1.73 bits per heavy atom. The molecule has 4 heteroatoms. The highest BCUT2D eigenvalue weighted by Gasteiger charge is 2.53. The van der Waals surface area contributed by atoms with E-state index in [0.29, 0.717) is 11.3 Å². The van der Waals surface area contributed by atoms with Gasteiger partial charge in [0.1, 0.15) is 0 Å². The molecule has 1 aromatic heterocycles.